The summed E-state index contributed by atoms with van der Waals surface area (Å²) in [6.07, 6.45) is 0. The van der Waals surface area contributed by atoms with Gasteiger partial charge in [-0.15, -0.1) is 11.6 Å². The van der Waals surface area contributed by atoms with Crippen molar-refractivity contribution in [3.63, 3.8) is 0 Å². The fourth-order valence-corrected chi connectivity index (χ4v) is 1.70. The Hall–Kier alpha value is -1.22. The van der Waals surface area contributed by atoms with Crippen LogP contribution >= 0.6 is 11.6 Å². The molecule has 94 valence electrons. The van der Waals surface area contributed by atoms with Crippen LogP contribution in [0.15, 0.2) is 18.2 Å². The number of nitrogens with one attached hydrogen (secondary N) is 1. The average molecular weight is 256 g/mol. The molecule has 0 fully saturated rings. The van der Waals surface area contributed by atoms with E-state index in [-0.39, 0.29) is 23.6 Å². The van der Waals surface area contributed by atoms with E-state index in [4.69, 9.17) is 11.6 Å². The van der Waals surface area contributed by atoms with Gasteiger partial charge >= 0.3 is 0 Å². The van der Waals surface area contributed by atoms with Gasteiger partial charge in [-0.3, -0.25) is 4.79 Å². The van der Waals surface area contributed by atoms with Crippen molar-refractivity contribution >= 4 is 17.5 Å². The number of aromatic hydroxyl groups is 1. The zero-order valence-corrected chi connectivity index (χ0v) is 11.1. The number of phenols is 1. The van der Waals surface area contributed by atoms with E-state index in [1.54, 1.807) is 25.1 Å². The lowest BCUT2D eigenvalue weighted by Crippen LogP contribution is -2.38. The molecule has 0 aromatic heterocycles. The second-order valence-electron chi connectivity index (χ2n) is 4.34. The third-order valence-electron chi connectivity index (χ3n) is 3.01. The SMILES string of the molecule is Cc1c(O)cccc1C(=O)NC(C)C(C)CCl. The highest BCUT2D eigenvalue weighted by Gasteiger charge is 2.17. The molecular weight excluding hydrogens is 238 g/mol. The zero-order chi connectivity index (χ0) is 13.0. The van der Waals surface area contributed by atoms with Crippen LogP contribution in [0.25, 0.3) is 0 Å². The van der Waals surface area contributed by atoms with E-state index >= 15 is 0 Å². The van der Waals surface area contributed by atoms with Gasteiger partial charge in [-0.25, -0.2) is 0 Å². The van der Waals surface area contributed by atoms with E-state index in [0.717, 1.165) is 0 Å². The molecule has 4 heteroatoms. The van der Waals surface area contributed by atoms with E-state index in [2.05, 4.69) is 5.32 Å². The monoisotopic (exact) mass is 255 g/mol. The van der Waals surface area contributed by atoms with Gasteiger partial charge in [-0.05, 0) is 31.9 Å². The fraction of sp³-hybridized carbons (Fsp3) is 0.462. The lowest BCUT2D eigenvalue weighted by atomic mass is 10.0. The van der Waals surface area contributed by atoms with Crippen LogP contribution in [-0.4, -0.2) is 22.9 Å². The van der Waals surface area contributed by atoms with Crippen molar-refractivity contribution in [2.45, 2.75) is 26.8 Å². The van der Waals surface area contributed by atoms with E-state index in [1.165, 1.54) is 0 Å². The van der Waals surface area contributed by atoms with Gasteiger partial charge in [0.25, 0.3) is 5.91 Å². The molecule has 1 aromatic rings. The predicted octanol–water partition coefficient (Wildman–Crippen LogP) is 2.69. The van der Waals surface area contributed by atoms with Crippen molar-refractivity contribution in [2.24, 2.45) is 5.92 Å². The number of amides is 1. The largest absolute Gasteiger partial charge is 0.508 e. The molecule has 2 N–H and O–H groups in total. The first kappa shape index (κ1) is 13.8. The van der Waals surface area contributed by atoms with Crippen molar-refractivity contribution in [2.75, 3.05) is 5.88 Å². The van der Waals surface area contributed by atoms with Gasteiger partial charge in [-0.1, -0.05) is 13.0 Å². The molecule has 2 unspecified atom stereocenters. The Balaban J connectivity index is 2.80. The van der Waals surface area contributed by atoms with Crippen molar-refractivity contribution in [1.29, 1.82) is 0 Å². The van der Waals surface area contributed by atoms with Crippen molar-refractivity contribution in [1.82, 2.24) is 5.32 Å². The summed E-state index contributed by atoms with van der Waals surface area (Å²) in [5.74, 6) is 0.664. The number of phenolic OH excluding ortho intramolecular Hbond substituents is 1. The average Bonchev–Trinajstić information content (AvgIpc) is 2.31. The molecule has 0 saturated carbocycles. The minimum Gasteiger partial charge on any atom is -0.508 e. The van der Waals surface area contributed by atoms with Gasteiger partial charge in [0.1, 0.15) is 5.75 Å². The van der Waals surface area contributed by atoms with E-state index in [0.29, 0.717) is 17.0 Å². The Morgan fingerprint density at radius 2 is 2.12 bits per heavy atom. The molecule has 0 aliphatic rings. The number of benzene rings is 1. The molecule has 0 heterocycles. The highest BCUT2D eigenvalue weighted by Crippen LogP contribution is 2.19. The molecule has 0 aliphatic carbocycles. The van der Waals surface area contributed by atoms with Gasteiger partial charge in [0.15, 0.2) is 0 Å². The van der Waals surface area contributed by atoms with Gasteiger partial charge in [0.2, 0.25) is 0 Å². The second-order valence-corrected chi connectivity index (χ2v) is 4.65. The summed E-state index contributed by atoms with van der Waals surface area (Å²) in [5, 5.41) is 12.4. The Kier molecular flexibility index (Phi) is 4.82. The first-order chi connectivity index (χ1) is 7.97. The number of carbonyl (C=O) groups is 1. The zero-order valence-electron chi connectivity index (χ0n) is 10.3. The standard InChI is InChI=1S/C13H18ClNO2/c1-8(7-14)10(3)15-13(17)11-5-4-6-12(16)9(11)2/h4-6,8,10,16H,7H2,1-3H3,(H,15,17). The molecule has 0 aliphatic heterocycles. The van der Waals surface area contributed by atoms with Crippen LogP contribution in [0.2, 0.25) is 0 Å². The Labute approximate surface area is 107 Å². The highest BCUT2D eigenvalue weighted by molar-refractivity contribution is 6.18. The number of rotatable bonds is 4. The molecular formula is C13H18ClNO2. The third kappa shape index (κ3) is 3.37. The Morgan fingerprint density at radius 3 is 2.71 bits per heavy atom. The maximum atomic E-state index is 12.0. The topological polar surface area (TPSA) is 49.3 Å². The summed E-state index contributed by atoms with van der Waals surface area (Å²) in [6.45, 7) is 5.62. The molecule has 1 aromatic carbocycles. The summed E-state index contributed by atoms with van der Waals surface area (Å²) in [6, 6.07) is 4.92. The van der Waals surface area contributed by atoms with Gasteiger partial charge < -0.3 is 10.4 Å². The van der Waals surface area contributed by atoms with Crippen molar-refractivity contribution in [3.05, 3.63) is 29.3 Å². The van der Waals surface area contributed by atoms with E-state index in [9.17, 15) is 9.90 Å². The number of alkyl halides is 1. The smallest absolute Gasteiger partial charge is 0.251 e. The maximum Gasteiger partial charge on any atom is 0.251 e. The number of halogens is 1. The molecule has 0 radical (unpaired) electrons. The molecule has 0 saturated heterocycles. The van der Waals surface area contributed by atoms with Crippen LogP contribution in [-0.2, 0) is 0 Å². The summed E-state index contributed by atoms with van der Waals surface area (Å²) in [4.78, 5) is 12.0. The number of hydrogen-bond acceptors (Lipinski definition) is 2. The summed E-state index contributed by atoms with van der Waals surface area (Å²) in [5.41, 5.74) is 1.09. The Bertz CT molecular complexity index is 406. The van der Waals surface area contributed by atoms with E-state index in [1.807, 2.05) is 13.8 Å². The first-order valence-corrected chi connectivity index (χ1v) is 6.16. The summed E-state index contributed by atoms with van der Waals surface area (Å²) in [7, 11) is 0. The van der Waals surface area contributed by atoms with Crippen molar-refractivity contribution in [3.8, 4) is 5.75 Å². The molecule has 0 bridgehead atoms. The number of hydrogen-bond donors (Lipinski definition) is 2. The van der Waals surface area contributed by atoms with Gasteiger partial charge in [-0.2, -0.15) is 0 Å². The van der Waals surface area contributed by atoms with Gasteiger partial charge in [0.05, 0.1) is 0 Å². The van der Waals surface area contributed by atoms with Crippen LogP contribution in [0, 0.1) is 12.8 Å². The highest BCUT2D eigenvalue weighted by atomic mass is 35.5. The first-order valence-electron chi connectivity index (χ1n) is 5.62. The number of carbonyl (C=O) groups excluding carboxylic acids is 1. The van der Waals surface area contributed by atoms with Crippen LogP contribution in [0.5, 0.6) is 5.75 Å². The predicted molar refractivity (Wildman–Crippen MR) is 69.7 cm³/mol. The van der Waals surface area contributed by atoms with Crippen LogP contribution in [0.3, 0.4) is 0 Å². The molecule has 1 rings (SSSR count). The summed E-state index contributed by atoms with van der Waals surface area (Å²) < 4.78 is 0. The van der Waals surface area contributed by atoms with Crippen LogP contribution in [0.1, 0.15) is 29.8 Å². The minimum absolute atomic E-state index is 0.00162. The minimum atomic E-state index is -0.178. The molecule has 1 amide bonds. The second kappa shape index (κ2) is 5.92. The molecule has 2 atom stereocenters. The Morgan fingerprint density at radius 1 is 1.47 bits per heavy atom. The van der Waals surface area contributed by atoms with Crippen LogP contribution in [0.4, 0.5) is 0 Å². The quantitative estimate of drug-likeness (QED) is 0.813. The molecule has 3 nitrogen and oxygen atoms in total. The summed E-state index contributed by atoms with van der Waals surface area (Å²) >= 11 is 5.74. The van der Waals surface area contributed by atoms with E-state index < -0.39 is 0 Å². The maximum absolute atomic E-state index is 12.0. The lowest BCUT2D eigenvalue weighted by molar-refractivity contribution is 0.0930. The van der Waals surface area contributed by atoms with Gasteiger partial charge in [0, 0.05) is 23.0 Å². The van der Waals surface area contributed by atoms with Crippen molar-refractivity contribution < 1.29 is 9.90 Å². The lowest BCUT2D eigenvalue weighted by Gasteiger charge is -2.19. The molecule has 17 heavy (non-hydrogen) atoms. The van der Waals surface area contributed by atoms with Crippen LogP contribution < -0.4 is 5.32 Å². The third-order valence-corrected chi connectivity index (χ3v) is 3.49. The fourth-order valence-electron chi connectivity index (χ4n) is 1.43. The normalized spacial score (nSPS) is 14.1. The molecule has 0 spiro atoms.